The zero-order valence-corrected chi connectivity index (χ0v) is 12.7. The fourth-order valence-corrected chi connectivity index (χ4v) is 2.92. The molecule has 1 N–H and O–H groups in total. The normalized spacial score (nSPS) is 22.3. The van der Waals surface area contributed by atoms with Crippen LogP contribution in [-0.2, 0) is 6.42 Å². The summed E-state index contributed by atoms with van der Waals surface area (Å²) in [7, 11) is 0. The topological polar surface area (TPSA) is 12.0 Å². The molecule has 0 spiro atoms. The molecule has 0 saturated heterocycles. The number of hydrogen-bond donors (Lipinski definition) is 1. The number of hydrogen-bond acceptors (Lipinski definition) is 1. The Morgan fingerprint density at radius 2 is 2.16 bits per heavy atom. The first-order chi connectivity index (χ1) is 8.94. The Hall–Kier alpha value is -0.600. The molecule has 0 radical (unpaired) electrons. The highest BCUT2D eigenvalue weighted by Gasteiger charge is 2.49. The van der Waals surface area contributed by atoms with Crippen LogP contribution in [-0.4, -0.2) is 12.6 Å². The van der Waals surface area contributed by atoms with Crippen LogP contribution in [0.4, 0.5) is 4.39 Å². The monoisotopic (exact) mass is 283 g/mol. The summed E-state index contributed by atoms with van der Waals surface area (Å²) in [4.78, 5) is 0. The molecule has 0 heterocycles. The molecule has 1 aromatic carbocycles. The van der Waals surface area contributed by atoms with Crippen LogP contribution in [0.25, 0.3) is 0 Å². The van der Waals surface area contributed by atoms with Crippen molar-refractivity contribution in [3.8, 4) is 0 Å². The van der Waals surface area contributed by atoms with Crippen molar-refractivity contribution in [2.45, 2.75) is 46.1 Å². The van der Waals surface area contributed by atoms with Crippen molar-refractivity contribution in [1.82, 2.24) is 5.32 Å². The summed E-state index contributed by atoms with van der Waals surface area (Å²) in [5, 5.41) is 3.82. The first-order valence-electron chi connectivity index (χ1n) is 7.11. The van der Waals surface area contributed by atoms with Crippen molar-refractivity contribution in [3.63, 3.8) is 0 Å². The third kappa shape index (κ3) is 3.70. The molecule has 0 aromatic heterocycles. The molecule has 2 unspecified atom stereocenters. The van der Waals surface area contributed by atoms with Crippen molar-refractivity contribution in [2.24, 2.45) is 11.3 Å². The Bertz CT molecular complexity index is 444. The van der Waals surface area contributed by atoms with Gasteiger partial charge in [-0.3, -0.25) is 0 Å². The van der Waals surface area contributed by atoms with Gasteiger partial charge in [0.25, 0.3) is 0 Å². The molecule has 1 aliphatic carbocycles. The van der Waals surface area contributed by atoms with Gasteiger partial charge in [0, 0.05) is 6.04 Å². The molecule has 0 bridgehead atoms. The van der Waals surface area contributed by atoms with E-state index in [9.17, 15) is 4.39 Å². The second kappa shape index (κ2) is 5.80. The maximum absolute atomic E-state index is 13.5. The molecule has 1 aliphatic rings. The van der Waals surface area contributed by atoms with Crippen LogP contribution in [0.1, 0.15) is 39.2 Å². The first kappa shape index (κ1) is 14.8. The van der Waals surface area contributed by atoms with Gasteiger partial charge in [-0.1, -0.05) is 38.4 Å². The summed E-state index contributed by atoms with van der Waals surface area (Å²) in [6.45, 7) is 7.80. The molecule has 1 saturated carbocycles. The Morgan fingerprint density at radius 1 is 1.47 bits per heavy atom. The lowest BCUT2D eigenvalue weighted by atomic mass is 9.97. The summed E-state index contributed by atoms with van der Waals surface area (Å²) >= 11 is 5.73. The van der Waals surface area contributed by atoms with Crippen LogP contribution in [0, 0.1) is 17.2 Å². The maximum Gasteiger partial charge on any atom is 0.142 e. The van der Waals surface area contributed by atoms with E-state index in [4.69, 9.17) is 11.6 Å². The van der Waals surface area contributed by atoms with Gasteiger partial charge in [-0.15, -0.1) is 0 Å². The van der Waals surface area contributed by atoms with Crippen molar-refractivity contribution >= 4 is 11.6 Å². The Kier molecular flexibility index (Phi) is 4.52. The Labute approximate surface area is 120 Å². The highest BCUT2D eigenvalue weighted by atomic mass is 35.5. The lowest BCUT2D eigenvalue weighted by Gasteiger charge is -2.20. The Balaban J connectivity index is 2.05. The molecule has 3 heteroatoms. The van der Waals surface area contributed by atoms with Crippen molar-refractivity contribution in [3.05, 3.63) is 34.6 Å². The number of rotatable bonds is 6. The fraction of sp³-hybridized carbons (Fsp3) is 0.625. The first-order valence-corrected chi connectivity index (χ1v) is 7.49. The van der Waals surface area contributed by atoms with Gasteiger partial charge in [0.05, 0.1) is 5.02 Å². The van der Waals surface area contributed by atoms with Crippen LogP contribution in [0.5, 0.6) is 0 Å². The smallest absolute Gasteiger partial charge is 0.142 e. The van der Waals surface area contributed by atoms with Crippen LogP contribution in [0.2, 0.25) is 5.02 Å². The highest BCUT2D eigenvalue weighted by molar-refractivity contribution is 6.30. The van der Waals surface area contributed by atoms with E-state index in [2.05, 4.69) is 26.1 Å². The maximum atomic E-state index is 13.5. The molecule has 2 atom stereocenters. The zero-order valence-electron chi connectivity index (χ0n) is 12.0. The molecule has 106 valence electrons. The fourth-order valence-electron chi connectivity index (χ4n) is 2.80. The van der Waals surface area contributed by atoms with E-state index in [0.717, 1.165) is 24.9 Å². The van der Waals surface area contributed by atoms with Gasteiger partial charge in [0.1, 0.15) is 5.82 Å². The number of nitrogens with one attached hydrogen (secondary N) is 1. The van der Waals surface area contributed by atoms with Gasteiger partial charge in [-0.05, 0) is 54.8 Å². The highest BCUT2D eigenvalue weighted by Crippen LogP contribution is 2.54. The zero-order chi connectivity index (χ0) is 14.0. The van der Waals surface area contributed by atoms with Gasteiger partial charge < -0.3 is 5.32 Å². The van der Waals surface area contributed by atoms with Crippen LogP contribution in [0.3, 0.4) is 0 Å². The minimum absolute atomic E-state index is 0.202. The van der Waals surface area contributed by atoms with Gasteiger partial charge in [0.2, 0.25) is 0 Å². The van der Waals surface area contributed by atoms with Gasteiger partial charge in [-0.25, -0.2) is 4.39 Å². The summed E-state index contributed by atoms with van der Waals surface area (Å²) in [6.07, 6.45) is 3.26. The molecule has 1 aromatic rings. The summed E-state index contributed by atoms with van der Waals surface area (Å²) in [5.41, 5.74) is 1.45. The van der Waals surface area contributed by atoms with Crippen LogP contribution in [0.15, 0.2) is 18.2 Å². The van der Waals surface area contributed by atoms with E-state index in [0.29, 0.717) is 17.4 Å². The van der Waals surface area contributed by atoms with Crippen LogP contribution < -0.4 is 5.32 Å². The predicted octanol–water partition coefficient (Wildman–Crippen LogP) is 4.44. The lowest BCUT2D eigenvalue weighted by molar-refractivity contribution is 0.402. The van der Waals surface area contributed by atoms with E-state index in [1.807, 2.05) is 6.07 Å². The van der Waals surface area contributed by atoms with Crippen molar-refractivity contribution in [2.75, 3.05) is 6.54 Å². The number of benzene rings is 1. The van der Waals surface area contributed by atoms with E-state index in [1.54, 1.807) is 12.1 Å². The molecule has 1 nitrogen and oxygen atoms in total. The second-order valence-electron chi connectivity index (χ2n) is 6.31. The van der Waals surface area contributed by atoms with Crippen LogP contribution >= 0.6 is 11.6 Å². The molecule has 0 amide bonds. The van der Waals surface area contributed by atoms with Crippen molar-refractivity contribution < 1.29 is 4.39 Å². The molecular weight excluding hydrogens is 261 g/mol. The van der Waals surface area contributed by atoms with Crippen molar-refractivity contribution in [1.29, 1.82) is 0 Å². The average molecular weight is 284 g/mol. The van der Waals surface area contributed by atoms with E-state index < -0.39 is 0 Å². The van der Waals surface area contributed by atoms with Gasteiger partial charge >= 0.3 is 0 Å². The minimum Gasteiger partial charge on any atom is -0.313 e. The predicted molar refractivity (Wildman–Crippen MR) is 79.1 cm³/mol. The molecular formula is C16H23ClFN. The van der Waals surface area contributed by atoms with Gasteiger partial charge in [-0.2, -0.15) is 0 Å². The number of halogens is 2. The second-order valence-corrected chi connectivity index (χ2v) is 6.72. The summed E-state index contributed by atoms with van der Waals surface area (Å²) in [6, 6.07) is 5.59. The standard InChI is InChI=1S/C16H23ClFN/c1-4-7-19-15(12-10-16(12,2)3)9-11-5-6-13(17)14(18)8-11/h5-6,8,12,15,19H,4,7,9-10H2,1-3H3. The molecule has 0 aliphatic heterocycles. The molecule has 1 fully saturated rings. The minimum atomic E-state index is -0.316. The van der Waals surface area contributed by atoms with E-state index in [-0.39, 0.29) is 10.8 Å². The average Bonchev–Trinajstić information content (AvgIpc) is 2.98. The summed E-state index contributed by atoms with van der Waals surface area (Å²) < 4.78 is 13.5. The third-order valence-electron chi connectivity index (χ3n) is 4.17. The molecule has 2 rings (SSSR count). The SMILES string of the molecule is CCCNC(Cc1ccc(Cl)c(F)c1)C1CC1(C)C. The largest absolute Gasteiger partial charge is 0.313 e. The third-order valence-corrected chi connectivity index (χ3v) is 4.48. The van der Waals surface area contributed by atoms with Gasteiger partial charge in [0.15, 0.2) is 0 Å². The van der Waals surface area contributed by atoms with E-state index in [1.165, 1.54) is 6.42 Å². The van der Waals surface area contributed by atoms with E-state index >= 15 is 0 Å². The Morgan fingerprint density at radius 3 is 2.68 bits per heavy atom. The summed E-state index contributed by atoms with van der Waals surface area (Å²) in [5.74, 6) is 0.376. The quantitative estimate of drug-likeness (QED) is 0.814. The molecule has 19 heavy (non-hydrogen) atoms. The lowest BCUT2D eigenvalue weighted by Crippen LogP contribution is -2.35.